The molecule has 0 aliphatic rings. The Hall–Kier alpha value is -1.18. The summed E-state index contributed by atoms with van der Waals surface area (Å²) in [6.45, 7) is 4.03. The second kappa shape index (κ2) is 3.28. The number of anilines is 1. The number of para-hydroxylation sites is 1. The van der Waals surface area contributed by atoms with Gasteiger partial charge >= 0.3 is 0 Å². The number of nitrogens with one attached hydrogen (secondary N) is 1. The van der Waals surface area contributed by atoms with Gasteiger partial charge in [0.1, 0.15) is 5.75 Å². The molecule has 0 heterocycles. The number of hydrogen-bond acceptors (Lipinski definition) is 2. The number of benzene rings is 1. The summed E-state index contributed by atoms with van der Waals surface area (Å²) in [6, 6.07) is 8.39. The molecule has 2 N–H and O–H groups in total. The number of rotatable bonds is 2. The number of hydrogen-bond donors (Lipinski definition) is 2. The predicted molar refractivity (Wildman–Crippen MR) is 45.7 cm³/mol. The van der Waals surface area contributed by atoms with Crippen LogP contribution in [0.15, 0.2) is 18.2 Å². The van der Waals surface area contributed by atoms with Crippen molar-refractivity contribution in [1.29, 1.82) is 0 Å². The highest BCUT2D eigenvalue weighted by molar-refractivity contribution is 5.54. The van der Waals surface area contributed by atoms with Gasteiger partial charge in [0, 0.05) is 12.1 Å². The molecule has 0 amide bonds. The molecule has 0 aromatic heterocycles. The minimum absolute atomic E-state index is 0.251. The Morgan fingerprint density at radius 3 is 2.82 bits per heavy atom. The summed E-state index contributed by atoms with van der Waals surface area (Å²) in [5.41, 5.74) is 0.669. The van der Waals surface area contributed by atoms with Gasteiger partial charge in [-0.1, -0.05) is 12.1 Å². The summed E-state index contributed by atoms with van der Waals surface area (Å²) >= 11 is 0. The van der Waals surface area contributed by atoms with E-state index in [1.54, 1.807) is 18.2 Å². The van der Waals surface area contributed by atoms with Crippen LogP contribution in [0, 0.1) is 6.07 Å². The Kier molecular flexibility index (Phi) is 2.36. The van der Waals surface area contributed by atoms with E-state index >= 15 is 0 Å². The van der Waals surface area contributed by atoms with Gasteiger partial charge in [-0.05, 0) is 19.9 Å². The first-order chi connectivity index (χ1) is 5.20. The predicted octanol–water partition coefficient (Wildman–Crippen LogP) is 2.01. The third-order valence-corrected chi connectivity index (χ3v) is 1.27. The van der Waals surface area contributed by atoms with Crippen LogP contribution in [0.25, 0.3) is 0 Å². The summed E-state index contributed by atoms with van der Waals surface area (Å²) in [6.07, 6.45) is 0. The van der Waals surface area contributed by atoms with Crippen molar-refractivity contribution in [2.75, 3.05) is 5.32 Å². The lowest BCUT2D eigenvalue weighted by molar-refractivity contribution is 0.476. The van der Waals surface area contributed by atoms with Gasteiger partial charge in [0.2, 0.25) is 0 Å². The molecular weight excluding hydrogens is 138 g/mol. The van der Waals surface area contributed by atoms with E-state index < -0.39 is 0 Å². The normalized spacial score (nSPS) is 10.1. The van der Waals surface area contributed by atoms with E-state index in [4.69, 9.17) is 0 Å². The molecule has 1 rings (SSSR count). The standard InChI is InChI=1S/C9H12NO/c1-7(2)10-8-5-3-4-6-9(8)11/h3-4,6-7,10-11H,1-2H3. The van der Waals surface area contributed by atoms with Gasteiger partial charge in [0.15, 0.2) is 0 Å². The van der Waals surface area contributed by atoms with Gasteiger partial charge in [-0.15, -0.1) is 0 Å². The topological polar surface area (TPSA) is 32.3 Å². The first-order valence-electron chi connectivity index (χ1n) is 3.66. The molecule has 0 fully saturated rings. The molecule has 0 aliphatic carbocycles. The van der Waals surface area contributed by atoms with Crippen LogP contribution in [0.4, 0.5) is 5.69 Å². The molecule has 0 unspecified atom stereocenters. The molecule has 0 aliphatic heterocycles. The van der Waals surface area contributed by atoms with Gasteiger partial charge in [0.25, 0.3) is 0 Å². The van der Waals surface area contributed by atoms with Crippen molar-refractivity contribution in [3.8, 4) is 5.75 Å². The monoisotopic (exact) mass is 150 g/mol. The Labute approximate surface area is 66.9 Å². The van der Waals surface area contributed by atoms with E-state index in [0.29, 0.717) is 11.7 Å². The van der Waals surface area contributed by atoms with E-state index in [-0.39, 0.29) is 5.75 Å². The minimum Gasteiger partial charge on any atom is -0.506 e. The largest absolute Gasteiger partial charge is 0.506 e. The molecule has 11 heavy (non-hydrogen) atoms. The number of phenolic OH excluding ortho intramolecular Hbond substituents is 1. The average Bonchev–Trinajstić information content (AvgIpc) is 1.93. The minimum atomic E-state index is 0.251. The summed E-state index contributed by atoms with van der Waals surface area (Å²) in [5.74, 6) is 0.251. The summed E-state index contributed by atoms with van der Waals surface area (Å²) in [4.78, 5) is 0. The smallest absolute Gasteiger partial charge is 0.139 e. The van der Waals surface area contributed by atoms with Crippen molar-refractivity contribution < 1.29 is 5.11 Å². The van der Waals surface area contributed by atoms with E-state index in [9.17, 15) is 5.11 Å². The van der Waals surface area contributed by atoms with Crippen molar-refractivity contribution in [2.45, 2.75) is 19.9 Å². The number of aromatic hydroxyl groups is 1. The molecule has 2 heteroatoms. The van der Waals surface area contributed by atoms with Crippen molar-refractivity contribution >= 4 is 5.69 Å². The molecule has 0 atom stereocenters. The Morgan fingerprint density at radius 2 is 2.27 bits per heavy atom. The Balaban J connectivity index is 2.78. The molecule has 2 nitrogen and oxygen atoms in total. The zero-order chi connectivity index (χ0) is 8.27. The molecule has 1 radical (unpaired) electrons. The quantitative estimate of drug-likeness (QED) is 0.632. The van der Waals surface area contributed by atoms with E-state index in [0.717, 1.165) is 0 Å². The lowest BCUT2D eigenvalue weighted by Crippen LogP contribution is -2.09. The van der Waals surface area contributed by atoms with Crippen LogP contribution >= 0.6 is 0 Å². The molecule has 0 bridgehead atoms. The van der Waals surface area contributed by atoms with Gasteiger partial charge in [0.05, 0.1) is 5.69 Å². The summed E-state index contributed by atoms with van der Waals surface area (Å²) in [5, 5.41) is 12.3. The lowest BCUT2D eigenvalue weighted by atomic mass is 10.2. The maximum absolute atomic E-state index is 9.27. The van der Waals surface area contributed by atoms with Gasteiger partial charge in [-0.3, -0.25) is 0 Å². The highest BCUT2D eigenvalue weighted by atomic mass is 16.3. The van der Waals surface area contributed by atoms with Gasteiger partial charge in [-0.25, -0.2) is 0 Å². The fraction of sp³-hybridized carbons (Fsp3) is 0.333. The average molecular weight is 150 g/mol. The second-order valence-corrected chi connectivity index (χ2v) is 2.73. The van der Waals surface area contributed by atoms with Crippen LogP contribution < -0.4 is 5.32 Å². The summed E-state index contributed by atoms with van der Waals surface area (Å²) < 4.78 is 0. The third-order valence-electron chi connectivity index (χ3n) is 1.27. The van der Waals surface area contributed by atoms with Crippen LogP contribution in [0.1, 0.15) is 13.8 Å². The highest BCUT2D eigenvalue weighted by Crippen LogP contribution is 2.21. The SMILES string of the molecule is CC(C)Nc1[c]cccc1O. The highest BCUT2D eigenvalue weighted by Gasteiger charge is 1.99. The van der Waals surface area contributed by atoms with Gasteiger partial charge in [-0.2, -0.15) is 0 Å². The molecule has 0 saturated heterocycles. The molecule has 0 saturated carbocycles. The first-order valence-corrected chi connectivity index (χ1v) is 3.66. The first kappa shape index (κ1) is 7.92. The Bertz CT molecular complexity index is 233. The Morgan fingerprint density at radius 1 is 1.55 bits per heavy atom. The van der Waals surface area contributed by atoms with Crippen molar-refractivity contribution in [3.63, 3.8) is 0 Å². The summed E-state index contributed by atoms with van der Waals surface area (Å²) in [7, 11) is 0. The van der Waals surface area contributed by atoms with Crippen molar-refractivity contribution in [1.82, 2.24) is 0 Å². The molecule has 1 aromatic carbocycles. The lowest BCUT2D eigenvalue weighted by Gasteiger charge is -2.10. The zero-order valence-corrected chi connectivity index (χ0v) is 6.76. The maximum Gasteiger partial charge on any atom is 0.139 e. The van der Waals surface area contributed by atoms with Crippen molar-refractivity contribution in [3.05, 3.63) is 24.3 Å². The van der Waals surface area contributed by atoms with E-state index in [2.05, 4.69) is 11.4 Å². The molecule has 59 valence electrons. The van der Waals surface area contributed by atoms with Crippen molar-refractivity contribution in [2.24, 2.45) is 0 Å². The van der Waals surface area contributed by atoms with Crippen LogP contribution in [-0.4, -0.2) is 11.1 Å². The van der Waals surface area contributed by atoms with E-state index in [1.165, 1.54) is 0 Å². The molecular formula is C9H12NO. The molecule has 1 aromatic rings. The van der Waals surface area contributed by atoms with Crippen LogP contribution in [0.3, 0.4) is 0 Å². The fourth-order valence-corrected chi connectivity index (χ4v) is 0.832. The van der Waals surface area contributed by atoms with Gasteiger partial charge < -0.3 is 10.4 Å². The maximum atomic E-state index is 9.27. The van der Waals surface area contributed by atoms with Crippen LogP contribution in [0.2, 0.25) is 0 Å². The third kappa shape index (κ3) is 2.15. The van der Waals surface area contributed by atoms with Crippen LogP contribution in [-0.2, 0) is 0 Å². The number of phenols is 1. The van der Waals surface area contributed by atoms with E-state index in [1.807, 2.05) is 13.8 Å². The molecule has 0 spiro atoms. The zero-order valence-electron chi connectivity index (χ0n) is 6.76. The van der Waals surface area contributed by atoms with Crippen LogP contribution in [0.5, 0.6) is 5.75 Å². The fourth-order valence-electron chi connectivity index (χ4n) is 0.832. The second-order valence-electron chi connectivity index (χ2n) is 2.73.